The van der Waals surface area contributed by atoms with E-state index >= 15 is 0 Å². The lowest BCUT2D eigenvalue weighted by molar-refractivity contribution is 0.0381. The average Bonchev–Trinajstić information content (AvgIpc) is 2.55. The maximum absolute atomic E-state index is 12.0. The molecular formula is C12H14N2O4. The van der Waals surface area contributed by atoms with Crippen LogP contribution in [-0.4, -0.2) is 16.6 Å². The molecule has 0 spiro atoms. The molecule has 0 aliphatic heterocycles. The van der Waals surface area contributed by atoms with Gasteiger partial charge in [0.05, 0.1) is 6.10 Å². The van der Waals surface area contributed by atoms with Gasteiger partial charge in [-0.15, -0.1) is 0 Å². The van der Waals surface area contributed by atoms with Crippen LogP contribution < -0.4 is 11.5 Å². The summed E-state index contributed by atoms with van der Waals surface area (Å²) in [6.45, 7) is 3.48. The first-order valence-electron chi connectivity index (χ1n) is 5.50. The number of carbonyl (C=O) groups excluding carboxylic acids is 1. The zero-order valence-electron chi connectivity index (χ0n) is 10.4. The third kappa shape index (κ3) is 1.85. The van der Waals surface area contributed by atoms with E-state index in [4.69, 9.17) is 14.9 Å². The maximum atomic E-state index is 12.0. The van der Waals surface area contributed by atoms with Crippen molar-refractivity contribution >= 4 is 22.8 Å². The van der Waals surface area contributed by atoms with E-state index in [0.29, 0.717) is 11.1 Å². The second-order valence-electron chi connectivity index (χ2n) is 4.26. The van der Waals surface area contributed by atoms with Gasteiger partial charge in [0.1, 0.15) is 11.1 Å². The number of nitrogens with two attached hydrogens (primary N) is 1. The van der Waals surface area contributed by atoms with Crippen LogP contribution in [0.4, 0.5) is 5.69 Å². The van der Waals surface area contributed by atoms with E-state index in [1.165, 1.54) is 17.7 Å². The number of benzene rings is 1. The fourth-order valence-corrected chi connectivity index (χ4v) is 1.74. The van der Waals surface area contributed by atoms with Gasteiger partial charge in [-0.3, -0.25) is 4.57 Å². The molecule has 1 heterocycles. The Morgan fingerprint density at radius 2 is 2.11 bits per heavy atom. The number of fused-ring (bicyclic) bond motifs is 1. The summed E-state index contributed by atoms with van der Waals surface area (Å²) < 4.78 is 11.3. The second kappa shape index (κ2) is 4.21. The summed E-state index contributed by atoms with van der Waals surface area (Å²) in [6, 6.07) is 3.07. The molecule has 1 aromatic carbocycles. The van der Waals surface area contributed by atoms with Crippen LogP contribution in [0.25, 0.3) is 11.1 Å². The summed E-state index contributed by atoms with van der Waals surface area (Å²) in [4.78, 5) is 23.4. The molecule has 18 heavy (non-hydrogen) atoms. The summed E-state index contributed by atoms with van der Waals surface area (Å²) in [6.07, 6.45) is -0.268. The third-order valence-corrected chi connectivity index (χ3v) is 2.53. The van der Waals surface area contributed by atoms with Crippen molar-refractivity contribution in [3.05, 3.63) is 28.2 Å². The fourth-order valence-electron chi connectivity index (χ4n) is 1.74. The van der Waals surface area contributed by atoms with Crippen molar-refractivity contribution in [2.24, 2.45) is 7.05 Å². The predicted octanol–water partition coefficient (Wildman–Crippen LogP) is 1.28. The van der Waals surface area contributed by atoms with E-state index in [1.807, 2.05) is 0 Å². The summed E-state index contributed by atoms with van der Waals surface area (Å²) in [5.74, 6) is -1.11. The molecule has 0 saturated carbocycles. The van der Waals surface area contributed by atoms with Crippen LogP contribution in [0.15, 0.2) is 21.3 Å². The van der Waals surface area contributed by atoms with Crippen molar-refractivity contribution < 1.29 is 13.9 Å². The molecule has 0 atom stereocenters. The molecule has 2 rings (SSSR count). The van der Waals surface area contributed by atoms with Crippen molar-refractivity contribution in [3.63, 3.8) is 0 Å². The van der Waals surface area contributed by atoms with Crippen LogP contribution in [-0.2, 0) is 11.8 Å². The Morgan fingerprint density at radius 3 is 2.72 bits per heavy atom. The number of nitrogen functional groups attached to an aromatic ring is 1. The van der Waals surface area contributed by atoms with Gasteiger partial charge in [0.25, 0.3) is 0 Å². The van der Waals surface area contributed by atoms with Gasteiger partial charge in [0, 0.05) is 12.7 Å². The first-order chi connectivity index (χ1) is 8.41. The molecule has 0 amide bonds. The average molecular weight is 250 g/mol. The maximum Gasteiger partial charge on any atom is 0.419 e. The van der Waals surface area contributed by atoms with Crippen molar-refractivity contribution in [2.75, 3.05) is 5.73 Å². The highest BCUT2D eigenvalue weighted by atomic mass is 16.5. The highest BCUT2D eigenvalue weighted by Crippen LogP contribution is 2.24. The number of hydrogen-bond acceptors (Lipinski definition) is 5. The lowest BCUT2D eigenvalue weighted by Crippen LogP contribution is -2.16. The third-order valence-electron chi connectivity index (χ3n) is 2.53. The molecular weight excluding hydrogens is 236 g/mol. The number of nitrogens with zero attached hydrogens (tertiary/aromatic N) is 1. The van der Waals surface area contributed by atoms with Crippen LogP contribution in [0.5, 0.6) is 0 Å². The minimum atomic E-state index is -0.565. The topological polar surface area (TPSA) is 87.5 Å². The minimum Gasteiger partial charge on any atom is -0.459 e. The number of oxazole rings is 1. The lowest BCUT2D eigenvalue weighted by atomic mass is 10.1. The summed E-state index contributed by atoms with van der Waals surface area (Å²) >= 11 is 0. The van der Waals surface area contributed by atoms with Gasteiger partial charge in [0.15, 0.2) is 5.58 Å². The van der Waals surface area contributed by atoms with E-state index in [2.05, 4.69) is 0 Å². The molecule has 0 aliphatic rings. The van der Waals surface area contributed by atoms with Crippen molar-refractivity contribution in [3.8, 4) is 0 Å². The molecule has 0 unspecified atom stereocenters. The lowest BCUT2D eigenvalue weighted by Gasteiger charge is -2.10. The van der Waals surface area contributed by atoms with Crippen molar-refractivity contribution in [2.45, 2.75) is 20.0 Å². The molecule has 96 valence electrons. The zero-order valence-corrected chi connectivity index (χ0v) is 10.4. The monoisotopic (exact) mass is 250 g/mol. The number of aromatic nitrogens is 1. The Bertz CT molecular complexity index is 667. The smallest absolute Gasteiger partial charge is 0.419 e. The molecule has 6 heteroatoms. The number of anilines is 1. The van der Waals surface area contributed by atoms with Crippen LogP contribution in [0, 0.1) is 0 Å². The summed E-state index contributed by atoms with van der Waals surface area (Å²) in [7, 11) is 1.51. The van der Waals surface area contributed by atoms with Gasteiger partial charge >= 0.3 is 11.7 Å². The Morgan fingerprint density at radius 1 is 1.44 bits per heavy atom. The number of rotatable bonds is 2. The van der Waals surface area contributed by atoms with Crippen LogP contribution in [0.1, 0.15) is 24.2 Å². The van der Waals surface area contributed by atoms with E-state index in [-0.39, 0.29) is 17.4 Å². The highest BCUT2D eigenvalue weighted by Gasteiger charge is 2.21. The van der Waals surface area contributed by atoms with Gasteiger partial charge in [-0.05, 0) is 26.0 Å². The number of ether oxygens (including phenoxy) is 1. The Kier molecular flexibility index (Phi) is 2.86. The number of esters is 1. The van der Waals surface area contributed by atoms with E-state index in [1.54, 1.807) is 19.9 Å². The van der Waals surface area contributed by atoms with Crippen molar-refractivity contribution in [1.29, 1.82) is 0 Å². The van der Waals surface area contributed by atoms with Gasteiger partial charge in [-0.2, -0.15) is 0 Å². The fraction of sp³-hybridized carbons (Fsp3) is 0.333. The standard InChI is InChI=1S/C12H14N2O4/c1-6(2)17-11(15)9-7(13)4-5-8-10(9)14(3)12(16)18-8/h4-6H,13H2,1-3H3. The summed E-state index contributed by atoms with van der Waals surface area (Å²) in [5.41, 5.74) is 6.86. The van der Waals surface area contributed by atoms with E-state index in [9.17, 15) is 9.59 Å². The molecule has 1 aromatic heterocycles. The zero-order chi connectivity index (χ0) is 13.4. The van der Waals surface area contributed by atoms with Gasteiger partial charge in [-0.25, -0.2) is 9.59 Å². The summed E-state index contributed by atoms with van der Waals surface area (Å²) in [5, 5.41) is 0. The van der Waals surface area contributed by atoms with Crippen molar-refractivity contribution in [1.82, 2.24) is 4.57 Å². The SMILES string of the molecule is CC(C)OC(=O)c1c(N)ccc2oc(=O)n(C)c12. The normalized spacial score (nSPS) is 11.1. The highest BCUT2D eigenvalue weighted by molar-refractivity contribution is 6.06. The molecule has 0 bridgehead atoms. The van der Waals surface area contributed by atoms with Gasteiger partial charge in [-0.1, -0.05) is 0 Å². The Balaban J connectivity index is 2.71. The molecule has 2 N–H and O–H groups in total. The van der Waals surface area contributed by atoms with E-state index < -0.39 is 11.7 Å². The van der Waals surface area contributed by atoms with Crippen LogP contribution in [0.3, 0.4) is 0 Å². The molecule has 0 saturated heterocycles. The van der Waals surface area contributed by atoms with E-state index in [0.717, 1.165) is 0 Å². The molecule has 0 fully saturated rings. The number of aryl methyl sites for hydroxylation is 1. The first-order valence-corrected chi connectivity index (χ1v) is 5.50. The molecule has 0 aliphatic carbocycles. The second-order valence-corrected chi connectivity index (χ2v) is 4.26. The molecule has 2 aromatic rings. The Hall–Kier alpha value is -2.24. The minimum absolute atomic E-state index is 0.162. The number of carbonyl (C=O) groups is 1. The van der Waals surface area contributed by atoms with Crippen LogP contribution in [0.2, 0.25) is 0 Å². The molecule has 0 radical (unpaired) electrons. The van der Waals surface area contributed by atoms with Gasteiger partial charge < -0.3 is 14.9 Å². The molecule has 6 nitrogen and oxygen atoms in total. The van der Waals surface area contributed by atoms with Crippen LogP contribution >= 0.6 is 0 Å². The quantitative estimate of drug-likeness (QED) is 0.640. The largest absolute Gasteiger partial charge is 0.459 e. The van der Waals surface area contributed by atoms with Gasteiger partial charge in [0.2, 0.25) is 0 Å². The first kappa shape index (κ1) is 12.2. The Labute approximate surface area is 103 Å². The number of hydrogen-bond donors (Lipinski definition) is 1. The predicted molar refractivity (Wildman–Crippen MR) is 66.4 cm³/mol.